The van der Waals surface area contributed by atoms with Gasteiger partial charge in [-0.05, 0) is 44.4 Å². The second kappa shape index (κ2) is 11.2. The van der Waals surface area contributed by atoms with E-state index in [1.807, 2.05) is 31.2 Å². The van der Waals surface area contributed by atoms with E-state index in [1.165, 1.54) is 4.90 Å². The minimum Gasteiger partial charge on any atom is -0.352 e. The number of nitrogens with one attached hydrogen (secondary N) is 1. The van der Waals surface area contributed by atoms with Crippen molar-refractivity contribution < 1.29 is 18.0 Å². The Kier molecular flexibility index (Phi) is 8.60. The number of carbonyl (C=O) groups excluding carboxylic acids is 2. The second-order valence-electron chi connectivity index (χ2n) is 8.90. The molecular formula is C25H32ClN3O4S. The highest BCUT2D eigenvalue weighted by atomic mass is 35.5. The minimum absolute atomic E-state index is 0.113. The number of benzene rings is 2. The first-order valence-electron chi connectivity index (χ1n) is 11.4. The summed E-state index contributed by atoms with van der Waals surface area (Å²) < 4.78 is 26.2. The molecule has 0 aliphatic heterocycles. The number of carbonyl (C=O) groups is 2. The van der Waals surface area contributed by atoms with Gasteiger partial charge in [0.2, 0.25) is 21.8 Å². The quantitative estimate of drug-likeness (QED) is 0.560. The first-order chi connectivity index (χ1) is 16.1. The van der Waals surface area contributed by atoms with Gasteiger partial charge in [0.1, 0.15) is 12.6 Å². The van der Waals surface area contributed by atoms with Crippen molar-refractivity contribution in [3.05, 3.63) is 64.7 Å². The third-order valence-corrected chi connectivity index (χ3v) is 7.55. The molecule has 1 atom stereocenters. The van der Waals surface area contributed by atoms with E-state index in [0.717, 1.165) is 47.4 Å². The molecule has 7 nitrogen and oxygen atoms in total. The molecule has 1 aliphatic rings. The zero-order chi connectivity index (χ0) is 24.9. The number of hydrogen-bond donors (Lipinski definition) is 1. The fourth-order valence-corrected chi connectivity index (χ4v) is 5.38. The van der Waals surface area contributed by atoms with Crippen molar-refractivity contribution in [2.75, 3.05) is 17.1 Å². The molecule has 34 heavy (non-hydrogen) atoms. The third kappa shape index (κ3) is 6.73. The van der Waals surface area contributed by atoms with Crippen LogP contribution in [-0.2, 0) is 26.2 Å². The maximum Gasteiger partial charge on any atom is 0.244 e. The van der Waals surface area contributed by atoms with Gasteiger partial charge >= 0.3 is 0 Å². The van der Waals surface area contributed by atoms with Crippen molar-refractivity contribution in [3.63, 3.8) is 0 Å². The predicted molar refractivity (Wildman–Crippen MR) is 135 cm³/mol. The standard InChI is InChI=1S/C25H32ClN3O4S/c1-18-9-8-10-20(15-18)16-28(19(2)25(31)27-21-11-4-5-12-21)24(30)17-29(34(3,32)33)23-14-7-6-13-22(23)26/h6-10,13-15,19,21H,4-5,11-12,16-17H2,1-3H3,(H,27,31). The Morgan fingerprint density at radius 2 is 1.79 bits per heavy atom. The van der Waals surface area contributed by atoms with Crippen LogP contribution in [0.15, 0.2) is 48.5 Å². The van der Waals surface area contributed by atoms with Crippen molar-refractivity contribution >= 4 is 39.1 Å². The van der Waals surface area contributed by atoms with Crippen LogP contribution in [0.4, 0.5) is 5.69 Å². The normalized spacial score (nSPS) is 15.1. The van der Waals surface area contributed by atoms with Crippen LogP contribution in [0.25, 0.3) is 0 Å². The topological polar surface area (TPSA) is 86.8 Å². The third-order valence-electron chi connectivity index (χ3n) is 6.10. The van der Waals surface area contributed by atoms with E-state index in [2.05, 4.69) is 5.32 Å². The molecule has 2 amide bonds. The van der Waals surface area contributed by atoms with Crippen molar-refractivity contribution in [2.24, 2.45) is 0 Å². The first kappa shape index (κ1) is 26.0. The molecule has 0 spiro atoms. The molecule has 1 saturated carbocycles. The molecule has 9 heteroatoms. The number of nitrogens with zero attached hydrogens (tertiary/aromatic N) is 2. The summed E-state index contributed by atoms with van der Waals surface area (Å²) in [4.78, 5) is 28.0. The highest BCUT2D eigenvalue weighted by Gasteiger charge is 2.31. The fraction of sp³-hybridized carbons (Fsp3) is 0.440. The van der Waals surface area contributed by atoms with E-state index in [1.54, 1.807) is 31.2 Å². The Bertz CT molecular complexity index is 1130. The summed E-state index contributed by atoms with van der Waals surface area (Å²) >= 11 is 6.25. The van der Waals surface area contributed by atoms with E-state index in [0.29, 0.717) is 0 Å². The van der Waals surface area contributed by atoms with Gasteiger partial charge in [-0.2, -0.15) is 0 Å². The van der Waals surface area contributed by atoms with Gasteiger partial charge < -0.3 is 10.2 Å². The van der Waals surface area contributed by atoms with E-state index in [-0.39, 0.29) is 29.2 Å². The number of halogens is 1. The highest BCUT2D eigenvalue weighted by Crippen LogP contribution is 2.27. The molecule has 1 aliphatic carbocycles. The molecule has 0 radical (unpaired) electrons. The summed E-state index contributed by atoms with van der Waals surface area (Å²) in [6.45, 7) is 3.35. The molecule has 2 aromatic rings. The number of para-hydroxylation sites is 1. The molecule has 0 aromatic heterocycles. The summed E-state index contributed by atoms with van der Waals surface area (Å²) in [6.07, 6.45) is 5.04. The summed E-state index contributed by atoms with van der Waals surface area (Å²) in [7, 11) is -3.81. The Balaban J connectivity index is 1.89. The van der Waals surface area contributed by atoms with Crippen LogP contribution in [0.5, 0.6) is 0 Å². The second-order valence-corrected chi connectivity index (χ2v) is 11.2. The number of hydrogen-bond acceptors (Lipinski definition) is 4. The van der Waals surface area contributed by atoms with Gasteiger partial charge in [-0.25, -0.2) is 8.42 Å². The summed E-state index contributed by atoms with van der Waals surface area (Å²) in [6, 6.07) is 13.5. The predicted octanol–water partition coefficient (Wildman–Crippen LogP) is 3.89. The van der Waals surface area contributed by atoms with Gasteiger partial charge in [0.05, 0.1) is 17.0 Å². The lowest BCUT2D eigenvalue weighted by Gasteiger charge is -2.32. The molecule has 0 bridgehead atoms. The number of anilines is 1. The average Bonchev–Trinajstić information content (AvgIpc) is 3.28. The van der Waals surface area contributed by atoms with Crippen LogP contribution in [0.1, 0.15) is 43.7 Å². The molecule has 2 aromatic carbocycles. The maximum absolute atomic E-state index is 13.6. The zero-order valence-corrected chi connectivity index (χ0v) is 21.4. The zero-order valence-electron chi connectivity index (χ0n) is 19.8. The molecule has 3 rings (SSSR count). The van der Waals surface area contributed by atoms with Crippen molar-refractivity contribution in [1.82, 2.24) is 10.2 Å². The number of amides is 2. The molecule has 1 unspecified atom stereocenters. The smallest absolute Gasteiger partial charge is 0.244 e. The van der Waals surface area contributed by atoms with E-state index < -0.39 is 28.5 Å². The average molecular weight is 506 g/mol. The Morgan fingerprint density at radius 3 is 2.41 bits per heavy atom. The van der Waals surface area contributed by atoms with Crippen LogP contribution in [0.2, 0.25) is 5.02 Å². The van der Waals surface area contributed by atoms with Crippen LogP contribution in [-0.4, -0.2) is 50.0 Å². The molecule has 184 valence electrons. The number of sulfonamides is 1. The van der Waals surface area contributed by atoms with Gasteiger partial charge in [0.15, 0.2) is 0 Å². The Hall–Kier alpha value is -2.58. The fourth-order valence-electron chi connectivity index (χ4n) is 4.23. The van der Waals surface area contributed by atoms with Gasteiger partial charge in [0, 0.05) is 12.6 Å². The summed E-state index contributed by atoms with van der Waals surface area (Å²) in [5.41, 5.74) is 2.11. The molecule has 1 N–H and O–H groups in total. The molecule has 0 heterocycles. The lowest BCUT2D eigenvalue weighted by atomic mass is 10.1. The number of aryl methyl sites for hydroxylation is 1. The van der Waals surface area contributed by atoms with Gasteiger partial charge in [-0.15, -0.1) is 0 Å². The largest absolute Gasteiger partial charge is 0.352 e. The molecular weight excluding hydrogens is 474 g/mol. The van der Waals surface area contributed by atoms with Crippen molar-refractivity contribution in [2.45, 2.75) is 58.2 Å². The SMILES string of the molecule is Cc1cccc(CN(C(=O)CN(c2ccccc2Cl)S(C)(=O)=O)C(C)C(=O)NC2CCCC2)c1. The van der Waals surface area contributed by atoms with Gasteiger partial charge in [-0.1, -0.05) is 66.4 Å². The van der Waals surface area contributed by atoms with Crippen molar-refractivity contribution in [3.8, 4) is 0 Å². The van der Waals surface area contributed by atoms with E-state index >= 15 is 0 Å². The monoisotopic (exact) mass is 505 g/mol. The van der Waals surface area contributed by atoms with E-state index in [4.69, 9.17) is 11.6 Å². The van der Waals surface area contributed by atoms with Crippen LogP contribution >= 0.6 is 11.6 Å². The summed E-state index contributed by atoms with van der Waals surface area (Å²) in [5.74, 6) is -0.725. The molecule has 0 saturated heterocycles. The van der Waals surface area contributed by atoms with Gasteiger partial charge in [0.25, 0.3) is 0 Å². The summed E-state index contributed by atoms with van der Waals surface area (Å²) in [5, 5.41) is 3.27. The van der Waals surface area contributed by atoms with Crippen LogP contribution < -0.4 is 9.62 Å². The van der Waals surface area contributed by atoms with Crippen molar-refractivity contribution in [1.29, 1.82) is 0 Å². The van der Waals surface area contributed by atoms with Crippen LogP contribution in [0, 0.1) is 6.92 Å². The van der Waals surface area contributed by atoms with E-state index in [9.17, 15) is 18.0 Å². The first-order valence-corrected chi connectivity index (χ1v) is 13.7. The molecule has 1 fully saturated rings. The van der Waals surface area contributed by atoms with Gasteiger partial charge in [-0.3, -0.25) is 13.9 Å². The Morgan fingerprint density at radius 1 is 1.12 bits per heavy atom. The lowest BCUT2D eigenvalue weighted by Crippen LogP contribution is -2.52. The van der Waals surface area contributed by atoms with Crippen LogP contribution in [0.3, 0.4) is 0 Å². The number of rotatable bonds is 9. The lowest BCUT2D eigenvalue weighted by molar-refractivity contribution is -0.139. The minimum atomic E-state index is -3.81. The highest BCUT2D eigenvalue weighted by molar-refractivity contribution is 7.92. The maximum atomic E-state index is 13.6. The Labute approximate surface area is 207 Å².